The summed E-state index contributed by atoms with van der Waals surface area (Å²) in [6.07, 6.45) is 31.7. The number of fused-ring (bicyclic) bond motifs is 1. The molecule has 0 heteroatoms. The lowest BCUT2D eigenvalue weighted by molar-refractivity contribution is 0.0885. The van der Waals surface area contributed by atoms with Crippen LogP contribution in [0.3, 0.4) is 0 Å². The molecule has 0 aliphatic heterocycles. The van der Waals surface area contributed by atoms with E-state index in [4.69, 9.17) is 0 Å². The quantitative estimate of drug-likeness (QED) is 0.427. The maximum absolute atomic E-state index is 2.50. The van der Waals surface area contributed by atoms with E-state index < -0.39 is 0 Å². The van der Waals surface area contributed by atoms with Crippen molar-refractivity contribution in [3.05, 3.63) is 0 Å². The third-order valence-electron chi connectivity index (χ3n) is 8.01. The van der Waals surface area contributed by atoms with Crippen LogP contribution in [-0.2, 0) is 0 Å². The minimum Gasteiger partial charge on any atom is -0.0651 e. The van der Waals surface area contributed by atoms with Crippen molar-refractivity contribution in [3.8, 4) is 0 Å². The molecule has 0 saturated heterocycles. The molecule has 0 N–H and O–H groups in total. The van der Waals surface area contributed by atoms with Crippen LogP contribution in [0.2, 0.25) is 0 Å². The fraction of sp³-hybridized carbons (Fsp3) is 1.00. The maximum atomic E-state index is 2.50. The summed E-state index contributed by atoms with van der Waals surface area (Å²) in [5.41, 5.74) is 0. The van der Waals surface area contributed by atoms with E-state index in [2.05, 4.69) is 13.8 Å². The SMILES string of the molecule is C1CCCCCCCCC1.CCC1CC(C)CC2CCCCCCCCC12. The first-order valence-electron chi connectivity index (χ1n) is 13.3. The summed E-state index contributed by atoms with van der Waals surface area (Å²) in [6.45, 7) is 4.93. The van der Waals surface area contributed by atoms with Gasteiger partial charge < -0.3 is 0 Å². The topological polar surface area (TPSA) is 0 Å². The van der Waals surface area contributed by atoms with E-state index in [0.29, 0.717) is 0 Å². The molecular weight excluding hydrogens is 324 g/mol. The normalized spacial score (nSPS) is 34.4. The van der Waals surface area contributed by atoms with Gasteiger partial charge in [0.25, 0.3) is 0 Å². The predicted octanol–water partition coefficient (Wildman–Crippen LogP) is 9.71. The summed E-state index contributed by atoms with van der Waals surface area (Å²) in [4.78, 5) is 0. The molecule has 3 aliphatic carbocycles. The van der Waals surface area contributed by atoms with E-state index in [1.807, 2.05) is 0 Å². The lowest BCUT2D eigenvalue weighted by Gasteiger charge is -2.42. The zero-order chi connectivity index (χ0) is 19.2. The molecule has 160 valence electrons. The van der Waals surface area contributed by atoms with Gasteiger partial charge in [0.2, 0.25) is 0 Å². The van der Waals surface area contributed by atoms with Crippen molar-refractivity contribution in [1.82, 2.24) is 0 Å². The Hall–Kier alpha value is 0. The summed E-state index contributed by atoms with van der Waals surface area (Å²) in [7, 11) is 0. The summed E-state index contributed by atoms with van der Waals surface area (Å²) in [6, 6.07) is 0. The van der Waals surface area contributed by atoms with E-state index in [1.165, 1.54) is 116 Å². The molecule has 0 nitrogen and oxygen atoms in total. The van der Waals surface area contributed by atoms with Crippen LogP contribution in [0.1, 0.15) is 149 Å². The minimum atomic E-state index is 1.00. The van der Waals surface area contributed by atoms with Crippen LogP contribution in [0.4, 0.5) is 0 Å². The first-order chi connectivity index (χ1) is 13.3. The fourth-order valence-electron chi connectivity index (χ4n) is 6.40. The molecule has 0 aromatic heterocycles. The Bertz CT molecular complexity index is 300. The fourth-order valence-corrected chi connectivity index (χ4v) is 6.40. The maximum Gasteiger partial charge on any atom is -0.0357 e. The Balaban J connectivity index is 0.000000223. The smallest absolute Gasteiger partial charge is 0.0357 e. The van der Waals surface area contributed by atoms with E-state index >= 15 is 0 Å². The Morgan fingerprint density at radius 3 is 1.37 bits per heavy atom. The van der Waals surface area contributed by atoms with E-state index in [1.54, 1.807) is 19.3 Å². The standard InChI is InChI=1S/C17H32.C10H20/c1-3-15-12-14(2)13-16-10-8-6-4-5-7-9-11-17(15)16;1-2-4-6-8-10-9-7-5-3-1/h14-17H,3-13H2,1-2H3;1-10H2. The second kappa shape index (κ2) is 14.9. The van der Waals surface area contributed by atoms with Gasteiger partial charge in [0, 0.05) is 0 Å². The van der Waals surface area contributed by atoms with Crippen molar-refractivity contribution < 1.29 is 0 Å². The molecule has 3 aliphatic rings. The van der Waals surface area contributed by atoms with Crippen LogP contribution in [0.25, 0.3) is 0 Å². The molecule has 27 heavy (non-hydrogen) atoms. The molecule has 3 fully saturated rings. The molecule has 0 spiro atoms. The van der Waals surface area contributed by atoms with Crippen molar-refractivity contribution in [2.24, 2.45) is 23.7 Å². The monoisotopic (exact) mass is 376 g/mol. The zero-order valence-electron chi connectivity index (χ0n) is 19.2. The molecular formula is C27H52. The molecule has 0 radical (unpaired) electrons. The molecule has 0 heterocycles. The highest BCUT2D eigenvalue weighted by atomic mass is 14.4. The van der Waals surface area contributed by atoms with Crippen LogP contribution in [0, 0.1) is 23.7 Å². The van der Waals surface area contributed by atoms with Gasteiger partial charge in [-0.1, -0.05) is 129 Å². The highest BCUT2D eigenvalue weighted by Gasteiger charge is 2.34. The highest BCUT2D eigenvalue weighted by Crippen LogP contribution is 2.44. The van der Waals surface area contributed by atoms with Crippen LogP contribution < -0.4 is 0 Å². The lowest BCUT2D eigenvalue weighted by Crippen LogP contribution is -2.32. The van der Waals surface area contributed by atoms with E-state index in [0.717, 1.165) is 23.7 Å². The summed E-state index contributed by atoms with van der Waals surface area (Å²) >= 11 is 0. The molecule has 0 aromatic carbocycles. The predicted molar refractivity (Wildman–Crippen MR) is 122 cm³/mol. The highest BCUT2D eigenvalue weighted by molar-refractivity contribution is 4.85. The molecule has 4 unspecified atom stereocenters. The molecule has 0 amide bonds. The van der Waals surface area contributed by atoms with Gasteiger partial charge in [0.1, 0.15) is 0 Å². The third kappa shape index (κ3) is 9.85. The zero-order valence-corrected chi connectivity index (χ0v) is 19.2. The summed E-state index contributed by atoms with van der Waals surface area (Å²) in [5.74, 6) is 4.24. The van der Waals surface area contributed by atoms with Gasteiger partial charge >= 0.3 is 0 Å². The van der Waals surface area contributed by atoms with Crippen molar-refractivity contribution in [2.45, 2.75) is 149 Å². The molecule has 4 atom stereocenters. The van der Waals surface area contributed by atoms with Crippen LogP contribution in [0.5, 0.6) is 0 Å². The van der Waals surface area contributed by atoms with Gasteiger partial charge in [-0.2, -0.15) is 0 Å². The van der Waals surface area contributed by atoms with Crippen LogP contribution in [0.15, 0.2) is 0 Å². The first-order valence-corrected chi connectivity index (χ1v) is 13.3. The average molecular weight is 377 g/mol. The Morgan fingerprint density at radius 2 is 0.926 bits per heavy atom. The van der Waals surface area contributed by atoms with E-state index in [9.17, 15) is 0 Å². The van der Waals surface area contributed by atoms with Gasteiger partial charge in [-0.25, -0.2) is 0 Å². The van der Waals surface area contributed by atoms with Crippen molar-refractivity contribution in [2.75, 3.05) is 0 Å². The van der Waals surface area contributed by atoms with Crippen LogP contribution in [-0.4, -0.2) is 0 Å². The van der Waals surface area contributed by atoms with Crippen molar-refractivity contribution in [3.63, 3.8) is 0 Å². The average Bonchev–Trinajstić information content (AvgIpc) is 2.70. The second-order valence-corrected chi connectivity index (χ2v) is 10.4. The summed E-state index contributed by atoms with van der Waals surface area (Å²) in [5, 5.41) is 0. The lowest BCUT2D eigenvalue weighted by atomic mass is 9.64. The number of hydrogen-bond acceptors (Lipinski definition) is 0. The van der Waals surface area contributed by atoms with Gasteiger partial charge in [-0.15, -0.1) is 0 Å². The van der Waals surface area contributed by atoms with Gasteiger partial charge in [0.15, 0.2) is 0 Å². The molecule has 0 aromatic rings. The molecule has 0 bridgehead atoms. The Morgan fingerprint density at radius 1 is 0.519 bits per heavy atom. The number of rotatable bonds is 1. The third-order valence-corrected chi connectivity index (χ3v) is 8.01. The van der Waals surface area contributed by atoms with Gasteiger partial charge in [-0.05, 0) is 42.9 Å². The summed E-state index contributed by atoms with van der Waals surface area (Å²) < 4.78 is 0. The van der Waals surface area contributed by atoms with Gasteiger partial charge in [0.05, 0.1) is 0 Å². The second-order valence-electron chi connectivity index (χ2n) is 10.4. The van der Waals surface area contributed by atoms with Crippen LogP contribution >= 0.6 is 0 Å². The largest absolute Gasteiger partial charge is 0.0651 e. The molecule has 3 saturated carbocycles. The Labute approximate surface area is 172 Å². The Kier molecular flexibility index (Phi) is 12.9. The number of hydrogen-bond donors (Lipinski definition) is 0. The van der Waals surface area contributed by atoms with E-state index in [-0.39, 0.29) is 0 Å². The minimum absolute atomic E-state index is 1.00. The van der Waals surface area contributed by atoms with Crippen molar-refractivity contribution >= 4 is 0 Å². The van der Waals surface area contributed by atoms with Gasteiger partial charge in [-0.3, -0.25) is 0 Å². The molecule has 3 rings (SSSR count). The first kappa shape index (κ1) is 23.3. The van der Waals surface area contributed by atoms with Crippen molar-refractivity contribution in [1.29, 1.82) is 0 Å².